The third-order valence-electron chi connectivity index (χ3n) is 7.05. The summed E-state index contributed by atoms with van der Waals surface area (Å²) in [6.07, 6.45) is -0.865. The second-order valence-electron chi connectivity index (χ2n) is 11.7. The average molecular weight is 598 g/mol. The maximum absolute atomic E-state index is 14.6. The minimum Gasteiger partial charge on any atom is -0.484 e. The molecule has 1 fully saturated rings. The lowest BCUT2D eigenvalue weighted by Crippen LogP contribution is -2.55. The van der Waals surface area contributed by atoms with Crippen molar-refractivity contribution in [2.45, 2.75) is 63.8 Å². The summed E-state index contributed by atoms with van der Waals surface area (Å²) >= 11 is 0. The number of carbonyl (C=O) groups is 1. The van der Waals surface area contributed by atoms with Crippen molar-refractivity contribution in [1.82, 2.24) is 14.5 Å². The topological polar surface area (TPSA) is 88.2 Å². The molecule has 0 spiro atoms. The van der Waals surface area contributed by atoms with Crippen LogP contribution in [0.2, 0.25) is 0 Å². The number of rotatable bonds is 9. The molecular formula is C32H40FN3O5S. The van der Waals surface area contributed by atoms with E-state index in [9.17, 15) is 17.6 Å². The molecule has 3 aromatic rings. The number of nitrogens with one attached hydrogen (secondary N) is 1. The Morgan fingerprint density at radius 1 is 1.05 bits per heavy atom. The summed E-state index contributed by atoms with van der Waals surface area (Å²) in [6.45, 7) is 11.5. The second-order valence-corrected chi connectivity index (χ2v) is 13.4. The highest BCUT2D eigenvalue weighted by Crippen LogP contribution is 2.27. The van der Waals surface area contributed by atoms with E-state index in [1.807, 2.05) is 64.1 Å². The number of hydrogen-bond donors (Lipinski definition) is 1. The molecule has 2 atom stereocenters. The largest absolute Gasteiger partial charge is 0.484 e. The third-order valence-corrected chi connectivity index (χ3v) is 8.47. The second kappa shape index (κ2) is 13.2. The zero-order valence-corrected chi connectivity index (χ0v) is 25.7. The first-order valence-electron chi connectivity index (χ1n) is 14.1. The summed E-state index contributed by atoms with van der Waals surface area (Å²) in [5.74, 6) is 0.138. The van der Waals surface area contributed by atoms with Crippen molar-refractivity contribution in [3.63, 3.8) is 0 Å². The first kappa shape index (κ1) is 31.5. The number of carbonyl (C=O) groups excluding carboxylic acids is 1. The predicted octanol–water partition coefficient (Wildman–Crippen LogP) is 5.67. The van der Waals surface area contributed by atoms with Crippen molar-refractivity contribution in [3.05, 3.63) is 95.3 Å². The van der Waals surface area contributed by atoms with E-state index in [1.165, 1.54) is 18.2 Å². The molecule has 10 heteroatoms. The van der Waals surface area contributed by atoms with Gasteiger partial charge in [-0.15, -0.1) is 0 Å². The molecule has 3 aromatic carbocycles. The Balaban J connectivity index is 1.46. The molecule has 8 nitrogen and oxygen atoms in total. The van der Waals surface area contributed by atoms with Crippen LogP contribution >= 0.6 is 0 Å². The summed E-state index contributed by atoms with van der Waals surface area (Å²) in [4.78, 5) is 16.7. The molecule has 0 aliphatic carbocycles. The Hall–Kier alpha value is -3.47. The number of amides is 1. The Morgan fingerprint density at radius 2 is 1.74 bits per heavy atom. The molecule has 0 radical (unpaired) electrons. The van der Waals surface area contributed by atoms with Crippen LogP contribution in [0.25, 0.3) is 0 Å². The fourth-order valence-electron chi connectivity index (χ4n) is 4.76. The molecule has 4 rings (SSSR count). The highest BCUT2D eigenvalue weighted by atomic mass is 32.2. The van der Waals surface area contributed by atoms with Gasteiger partial charge in [0.15, 0.2) is 0 Å². The lowest BCUT2D eigenvalue weighted by atomic mass is 10.0. The van der Waals surface area contributed by atoms with Crippen molar-refractivity contribution in [3.8, 4) is 5.75 Å². The number of piperazine rings is 1. The molecule has 1 heterocycles. The Kier molecular flexibility index (Phi) is 9.91. The van der Waals surface area contributed by atoms with E-state index in [1.54, 1.807) is 30.0 Å². The van der Waals surface area contributed by atoms with Crippen LogP contribution < -0.4 is 9.46 Å². The number of nitrogens with zero attached hydrogens (tertiary/aromatic N) is 2. The first-order chi connectivity index (χ1) is 19.8. The fourth-order valence-corrected chi connectivity index (χ4v) is 5.78. The van der Waals surface area contributed by atoms with Gasteiger partial charge in [-0.2, -0.15) is 0 Å². The van der Waals surface area contributed by atoms with Gasteiger partial charge in [0.05, 0.1) is 4.90 Å². The van der Waals surface area contributed by atoms with Gasteiger partial charge in [-0.1, -0.05) is 42.5 Å². The Bertz CT molecular complexity index is 1460. The van der Waals surface area contributed by atoms with Crippen LogP contribution in [0.3, 0.4) is 0 Å². The van der Waals surface area contributed by atoms with Crippen LogP contribution in [0.4, 0.5) is 9.18 Å². The maximum Gasteiger partial charge on any atom is 0.410 e. The van der Waals surface area contributed by atoms with Gasteiger partial charge in [-0.3, -0.25) is 4.90 Å². The molecule has 226 valence electrons. The minimum atomic E-state index is -3.72. The molecule has 1 aliphatic rings. The van der Waals surface area contributed by atoms with Crippen LogP contribution in [-0.4, -0.2) is 62.1 Å². The van der Waals surface area contributed by atoms with Crippen LogP contribution in [0.15, 0.2) is 77.7 Å². The number of benzene rings is 3. The zero-order chi connectivity index (χ0) is 30.5. The normalized spacial score (nSPS) is 17.1. The average Bonchev–Trinajstić information content (AvgIpc) is 2.93. The number of hydrogen-bond acceptors (Lipinski definition) is 6. The predicted molar refractivity (Wildman–Crippen MR) is 160 cm³/mol. The van der Waals surface area contributed by atoms with Crippen molar-refractivity contribution in [2.75, 3.05) is 26.2 Å². The molecule has 1 amide bonds. The Labute approximate surface area is 248 Å². The lowest BCUT2D eigenvalue weighted by Gasteiger charge is -2.41. The number of sulfonamides is 1. The van der Waals surface area contributed by atoms with Gasteiger partial charge in [-0.25, -0.2) is 22.3 Å². The van der Waals surface area contributed by atoms with E-state index in [-0.39, 0.29) is 29.4 Å². The van der Waals surface area contributed by atoms with E-state index in [2.05, 4.69) is 9.62 Å². The van der Waals surface area contributed by atoms with Gasteiger partial charge in [-0.05, 0) is 81.6 Å². The van der Waals surface area contributed by atoms with Crippen molar-refractivity contribution in [1.29, 1.82) is 0 Å². The van der Waals surface area contributed by atoms with E-state index in [4.69, 9.17) is 9.47 Å². The number of aryl methyl sites for hydroxylation is 1. The van der Waals surface area contributed by atoms with Crippen LogP contribution in [0, 0.1) is 12.7 Å². The van der Waals surface area contributed by atoms with E-state index >= 15 is 0 Å². The summed E-state index contributed by atoms with van der Waals surface area (Å²) in [7, 11) is -3.72. The molecule has 1 N–H and O–H groups in total. The summed E-state index contributed by atoms with van der Waals surface area (Å²) in [6, 6.07) is 20.5. The SMILES string of the molecule is Cc1ccc(C(CN2CCN(C(=O)OC(C)(C)C)[C@H](C)C2)Oc2ccc(S(=O)(=O)NCc3ccccc3)cc2)cc1F. The smallest absolute Gasteiger partial charge is 0.410 e. The van der Waals surface area contributed by atoms with Crippen LogP contribution in [0.1, 0.15) is 50.5 Å². The quantitative estimate of drug-likeness (QED) is 0.342. The molecule has 1 aliphatic heterocycles. The standard InChI is InChI=1S/C32H40FN3O5S/c1-23-11-12-26(19-29(23)33)30(22-35-17-18-36(24(2)21-35)31(37)41-32(3,4)5)40-27-13-15-28(16-14-27)42(38,39)34-20-25-9-7-6-8-10-25/h6-16,19,24,30,34H,17-18,20-22H2,1-5H3/t24-,30?/m1/s1. The van der Waals surface area contributed by atoms with Gasteiger partial charge >= 0.3 is 6.09 Å². The summed E-state index contributed by atoms with van der Waals surface area (Å²) in [5, 5.41) is 0. The van der Waals surface area contributed by atoms with E-state index in [0.29, 0.717) is 43.1 Å². The molecule has 0 bridgehead atoms. The van der Waals surface area contributed by atoms with Gasteiger partial charge in [0, 0.05) is 38.8 Å². The van der Waals surface area contributed by atoms with Crippen molar-refractivity contribution >= 4 is 16.1 Å². The Morgan fingerprint density at radius 3 is 2.36 bits per heavy atom. The van der Waals surface area contributed by atoms with E-state index in [0.717, 1.165) is 5.56 Å². The highest BCUT2D eigenvalue weighted by Gasteiger charge is 2.32. The molecule has 1 unspecified atom stereocenters. The lowest BCUT2D eigenvalue weighted by molar-refractivity contribution is -0.00299. The minimum absolute atomic E-state index is 0.0862. The van der Waals surface area contributed by atoms with Crippen LogP contribution in [0.5, 0.6) is 5.75 Å². The van der Waals surface area contributed by atoms with Gasteiger partial charge in [0.25, 0.3) is 0 Å². The maximum atomic E-state index is 14.6. The monoisotopic (exact) mass is 597 g/mol. The molecule has 0 saturated carbocycles. The first-order valence-corrected chi connectivity index (χ1v) is 15.6. The number of halogens is 1. The molecule has 0 aromatic heterocycles. The van der Waals surface area contributed by atoms with Crippen molar-refractivity contribution in [2.24, 2.45) is 0 Å². The van der Waals surface area contributed by atoms with Gasteiger partial charge in [0.2, 0.25) is 10.0 Å². The third kappa shape index (κ3) is 8.53. The molecule has 1 saturated heterocycles. The van der Waals surface area contributed by atoms with Gasteiger partial charge in [0.1, 0.15) is 23.3 Å². The van der Waals surface area contributed by atoms with Gasteiger partial charge < -0.3 is 14.4 Å². The fraction of sp³-hybridized carbons (Fsp3) is 0.406. The zero-order valence-electron chi connectivity index (χ0n) is 24.8. The molecular weight excluding hydrogens is 557 g/mol. The number of ether oxygens (including phenoxy) is 2. The highest BCUT2D eigenvalue weighted by molar-refractivity contribution is 7.89. The van der Waals surface area contributed by atoms with E-state index < -0.39 is 21.7 Å². The molecule has 42 heavy (non-hydrogen) atoms. The van der Waals surface area contributed by atoms with Crippen molar-refractivity contribution < 1.29 is 27.1 Å². The summed E-state index contributed by atoms with van der Waals surface area (Å²) in [5.41, 5.74) is 1.49. The van der Waals surface area contributed by atoms with Crippen LogP contribution in [-0.2, 0) is 21.3 Å². The summed E-state index contributed by atoms with van der Waals surface area (Å²) < 4.78 is 54.8.